The van der Waals surface area contributed by atoms with Crippen LogP contribution in [0.25, 0.3) is 0 Å². The molecule has 4 unspecified atom stereocenters. The molecule has 2 aliphatic rings. The van der Waals surface area contributed by atoms with Crippen LogP contribution in [-0.4, -0.2) is 23.7 Å². The Kier molecular flexibility index (Phi) is 6.53. The summed E-state index contributed by atoms with van der Waals surface area (Å²) in [5.41, 5.74) is 0. The first-order valence-corrected chi connectivity index (χ1v) is 9.11. The van der Waals surface area contributed by atoms with Gasteiger partial charge in [-0.2, -0.15) is 0 Å². The smallest absolute Gasteiger partial charge is 0.223 e. The van der Waals surface area contributed by atoms with Crippen molar-refractivity contribution in [1.82, 2.24) is 5.32 Å². The van der Waals surface area contributed by atoms with Gasteiger partial charge in [-0.15, -0.1) is 0 Å². The third kappa shape index (κ3) is 4.45. The van der Waals surface area contributed by atoms with Crippen molar-refractivity contribution in [3.63, 3.8) is 0 Å². The maximum absolute atomic E-state index is 12.4. The van der Waals surface area contributed by atoms with Crippen LogP contribution in [-0.2, 0) is 4.79 Å². The normalized spacial score (nSPS) is 30.8. The molecule has 0 aromatic heterocycles. The van der Waals surface area contributed by atoms with E-state index >= 15 is 0 Å². The average Bonchev–Trinajstić information content (AvgIpc) is 2.53. The third-order valence-corrected chi connectivity index (χ3v) is 5.99. The van der Waals surface area contributed by atoms with E-state index in [1.54, 1.807) is 0 Å². The van der Waals surface area contributed by atoms with Crippen molar-refractivity contribution in [2.45, 2.75) is 77.7 Å². The molecule has 0 radical (unpaired) electrons. The van der Waals surface area contributed by atoms with E-state index in [4.69, 9.17) is 0 Å². The maximum atomic E-state index is 12.4. The predicted octanol–water partition coefficient (Wildman–Crippen LogP) is 3.51. The summed E-state index contributed by atoms with van der Waals surface area (Å²) in [4.78, 5) is 12.4. The Bertz CT molecular complexity index is 327. The van der Waals surface area contributed by atoms with Crippen LogP contribution in [0.3, 0.4) is 0 Å². The summed E-state index contributed by atoms with van der Waals surface area (Å²) in [6.07, 6.45) is 10.4. The summed E-state index contributed by atoms with van der Waals surface area (Å²) in [6, 6.07) is 0. The molecule has 2 aliphatic carbocycles. The highest BCUT2D eigenvalue weighted by atomic mass is 16.3. The van der Waals surface area contributed by atoms with Gasteiger partial charge >= 0.3 is 0 Å². The van der Waals surface area contributed by atoms with Gasteiger partial charge in [0.2, 0.25) is 5.91 Å². The van der Waals surface area contributed by atoms with Crippen LogP contribution in [0.2, 0.25) is 0 Å². The fourth-order valence-corrected chi connectivity index (χ4v) is 4.46. The lowest BCUT2D eigenvalue weighted by Crippen LogP contribution is -2.41. The standard InChI is InChI=1S/C18H33NO2/c1-3-13(4-2)17(20)12-19-18(21)16-10-9-14-7-5-6-8-15(14)11-16/h13-17,20H,3-12H2,1-2H3,(H,19,21). The monoisotopic (exact) mass is 295 g/mol. The van der Waals surface area contributed by atoms with Crippen LogP contribution in [0.1, 0.15) is 71.6 Å². The highest BCUT2D eigenvalue weighted by Gasteiger charge is 2.35. The molecule has 2 saturated carbocycles. The second-order valence-corrected chi connectivity index (χ2v) is 7.20. The quantitative estimate of drug-likeness (QED) is 0.788. The third-order valence-electron chi connectivity index (χ3n) is 5.99. The van der Waals surface area contributed by atoms with Gasteiger partial charge in [-0.25, -0.2) is 0 Å². The van der Waals surface area contributed by atoms with Crippen molar-refractivity contribution in [2.75, 3.05) is 6.54 Å². The average molecular weight is 295 g/mol. The Labute approximate surface area is 129 Å². The molecule has 1 amide bonds. The van der Waals surface area contributed by atoms with Crippen molar-refractivity contribution in [1.29, 1.82) is 0 Å². The lowest BCUT2D eigenvalue weighted by Gasteiger charge is -2.38. The van der Waals surface area contributed by atoms with Gasteiger partial charge < -0.3 is 10.4 Å². The van der Waals surface area contributed by atoms with E-state index in [1.807, 2.05) is 0 Å². The number of amides is 1. The predicted molar refractivity (Wildman–Crippen MR) is 85.9 cm³/mol. The van der Waals surface area contributed by atoms with E-state index in [2.05, 4.69) is 19.2 Å². The molecule has 21 heavy (non-hydrogen) atoms. The molecule has 0 bridgehead atoms. The fraction of sp³-hybridized carbons (Fsp3) is 0.944. The molecule has 4 atom stereocenters. The zero-order valence-electron chi connectivity index (χ0n) is 13.8. The van der Waals surface area contributed by atoms with Gasteiger partial charge in [0.25, 0.3) is 0 Å². The van der Waals surface area contributed by atoms with Gasteiger partial charge in [0, 0.05) is 12.5 Å². The molecule has 0 aromatic carbocycles. The summed E-state index contributed by atoms with van der Waals surface area (Å²) >= 11 is 0. The molecule has 2 rings (SSSR count). The molecule has 3 nitrogen and oxygen atoms in total. The Morgan fingerprint density at radius 2 is 1.76 bits per heavy atom. The van der Waals surface area contributed by atoms with Crippen molar-refractivity contribution >= 4 is 5.91 Å². The van der Waals surface area contributed by atoms with E-state index in [1.165, 1.54) is 32.1 Å². The number of hydrogen-bond donors (Lipinski definition) is 2. The Morgan fingerprint density at radius 3 is 2.43 bits per heavy atom. The van der Waals surface area contributed by atoms with Crippen molar-refractivity contribution in [3.8, 4) is 0 Å². The van der Waals surface area contributed by atoms with Crippen LogP contribution in [0, 0.1) is 23.7 Å². The summed E-state index contributed by atoms with van der Waals surface area (Å²) in [5, 5.41) is 13.1. The minimum Gasteiger partial charge on any atom is -0.391 e. The van der Waals surface area contributed by atoms with Crippen molar-refractivity contribution in [3.05, 3.63) is 0 Å². The molecular formula is C18H33NO2. The van der Waals surface area contributed by atoms with Crippen LogP contribution in [0.15, 0.2) is 0 Å². The number of hydrogen-bond acceptors (Lipinski definition) is 2. The zero-order chi connectivity index (χ0) is 15.2. The lowest BCUT2D eigenvalue weighted by molar-refractivity contribution is -0.127. The van der Waals surface area contributed by atoms with Gasteiger partial charge in [-0.05, 0) is 37.0 Å². The Balaban J connectivity index is 1.76. The summed E-state index contributed by atoms with van der Waals surface area (Å²) in [6.45, 7) is 4.63. The molecule has 0 heterocycles. The highest BCUT2D eigenvalue weighted by molar-refractivity contribution is 5.78. The van der Waals surface area contributed by atoms with Crippen molar-refractivity contribution in [2.24, 2.45) is 23.7 Å². The molecule has 0 saturated heterocycles. The second kappa shape index (κ2) is 8.17. The van der Waals surface area contributed by atoms with Crippen LogP contribution in [0.5, 0.6) is 0 Å². The van der Waals surface area contributed by atoms with Gasteiger partial charge in [-0.3, -0.25) is 4.79 Å². The molecule has 122 valence electrons. The molecular weight excluding hydrogens is 262 g/mol. The number of fused-ring (bicyclic) bond motifs is 1. The maximum Gasteiger partial charge on any atom is 0.223 e. The van der Waals surface area contributed by atoms with Crippen LogP contribution < -0.4 is 5.32 Å². The fourth-order valence-electron chi connectivity index (χ4n) is 4.46. The van der Waals surface area contributed by atoms with Gasteiger partial charge in [0.05, 0.1) is 6.10 Å². The second-order valence-electron chi connectivity index (χ2n) is 7.20. The number of nitrogens with one attached hydrogen (secondary N) is 1. The van der Waals surface area contributed by atoms with E-state index in [-0.39, 0.29) is 11.8 Å². The molecule has 2 N–H and O–H groups in total. The highest BCUT2D eigenvalue weighted by Crippen LogP contribution is 2.42. The number of carbonyl (C=O) groups is 1. The number of aliphatic hydroxyl groups is 1. The summed E-state index contributed by atoms with van der Waals surface area (Å²) < 4.78 is 0. The Hall–Kier alpha value is -0.570. The Morgan fingerprint density at radius 1 is 1.10 bits per heavy atom. The minimum absolute atomic E-state index is 0.184. The largest absolute Gasteiger partial charge is 0.391 e. The minimum atomic E-state index is -0.394. The molecule has 0 aromatic rings. The van der Waals surface area contributed by atoms with E-state index in [9.17, 15) is 9.90 Å². The van der Waals surface area contributed by atoms with E-state index in [0.717, 1.165) is 37.5 Å². The number of rotatable bonds is 6. The van der Waals surface area contributed by atoms with Gasteiger partial charge in [-0.1, -0.05) is 52.4 Å². The number of aliphatic hydroxyl groups excluding tert-OH is 1. The molecule has 0 spiro atoms. The molecule has 2 fully saturated rings. The van der Waals surface area contributed by atoms with Gasteiger partial charge in [0.15, 0.2) is 0 Å². The van der Waals surface area contributed by atoms with E-state index < -0.39 is 6.10 Å². The van der Waals surface area contributed by atoms with Crippen molar-refractivity contribution < 1.29 is 9.90 Å². The zero-order valence-corrected chi connectivity index (χ0v) is 13.8. The van der Waals surface area contributed by atoms with Crippen LogP contribution in [0.4, 0.5) is 0 Å². The first-order chi connectivity index (χ1) is 10.2. The SMILES string of the molecule is CCC(CC)C(O)CNC(=O)C1CCC2CCCCC2C1. The number of carbonyl (C=O) groups excluding carboxylic acids is 1. The van der Waals surface area contributed by atoms with Gasteiger partial charge in [0.1, 0.15) is 0 Å². The summed E-state index contributed by atoms with van der Waals surface area (Å²) in [7, 11) is 0. The van der Waals surface area contributed by atoms with Crippen LogP contribution >= 0.6 is 0 Å². The lowest BCUT2D eigenvalue weighted by atomic mass is 9.67. The first-order valence-electron chi connectivity index (χ1n) is 9.11. The molecule has 3 heteroatoms. The molecule has 0 aliphatic heterocycles. The first kappa shape index (κ1) is 16.8. The van der Waals surface area contributed by atoms with E-state index in [0.29, 0.717) is 12.5 Å². The summed E-state index contributed by atoms with van der Waals surface area (Å²) in [5.74, 6) is 2.35. The topological polar surface area (TPSA) is 49.3 Å².